The Hall–Kier alpha value is 0.230. The van der Waals surface area contributed by atoms with Gasteiger partial charge >= 0.3 is 6.18 Å². The molecule has 0 saturated heterocycles. The van der Waals surface area contributed by atoms with Gasteiger partial charge in [0.25, 0.3) is 5.13 Å². The van der Waals surface area contributed by atoms with Gasteiger partial charge in [0, 0.05) is 6.42 Å². The van der Waals surface area contributed by atoms with Gasteiger partial charge in [-0.15, -0.1) is 0 Å². The molecular weight excluding hydrogens is 226 g/mol. The molecule has 74 valence electrons. The zero-order valence-corrected chi connectivity index (χ0v) is 7.15. The number of hydrogen-bond donors (Lipinski definition) is 0. The fraction of sp³-hybridized carbons (Fsp3) is 1.00. The Balaban J connectivity index is 4.05. The summed E-state index contributed by atoms with van der Waals surface area (Å²) in [5, 5.41) is -3.88. The molecule has 0 aromatic heterocycles. The molecule has 0 fully saturated rings. The van der Waals surface area contributed by atoms with Gasteiger partial charge in [0.2, 0.25) is 0 Å². The molecule has 0 aromatic carbocycles. The van der Waals surface area contributed by atoms with Crippen molar-refractivity contribution in [2.24, 2.45) is 0 Å². The Morgan fingerprint density at radius 1 is 1.17 bits per heavy atom. The van der Waals surface area contributed by atoms with Crippen LogP contribution in [0.25, 0.3) is 0 Å². The Morgan fingerprint density at radius 2 is 1.58 bits per heavy atom. The summed E-state index contributed by atoms with van der Waals surface area (Å²) < 4.78 is 59.0. The second-order valence-corrected chi connectivity index (χ2v) is 3.20. The molecule has 0 N–H and O–H groups in total. The van der Waals surface area contributed by atoms with Crippen molar-refractivity contribution in [1.29, 1.82) is 0 Å². The molecule has 0 amide bonds. The van der Waals surface area contributed by atoms with Gasteiger partial charge in [-0.3, -0.25) is 0 Å². The van der Waals surface area contributed by atoms with Gasteiger partial charge in [-0.25, -0.2) is 8.78 Å². The minimum Gasteiger partial charge on any atom is -0.230 e. The van der Waals surface area contributed by atoms with Gasteiger partial charge in [-0.05, 0) is 6.42 Å². The lowest BCUT2D eigenvalue weighted by Crippen LogP contribution is -2.35. The van der Waals surface area contributed by atoms with Crippen LogP contribution in [0.2, 0.25) is 0 Å². The van der Waals surface area contributed by atoms with E-state index < -0.39 is 29.8 Å². The Kier molecular flexibility index (Phi) is 4.03. The number of halogens is 7. The minimum absolute atomic E-state index is 0.777. The fourth-order valence-electron chi connectivity index (χ4n) is 0.432. The molecule has 0 nitrogen and oxygen atoms in total. The lowest BCUT2D eigenvalue weighted by atomic mass is 10.2. The molecule has 0 spiro atoms. The van der Waals surface area contributed by atoms with Gasteiger partial charge < -0.3 is 0 Å². The maximum absolute atomic E-state index is 12.4. The summed E-state index contributed by atoms with van der Waals surface area (Å²) in [6.45, 7) is 0. The SMILES string of the molecule is FC(Cl)CCC(F)(Cl)C(F)(F)F. The lowest BCUT2D eigenvalue weighted by molar-refractivity contribution is -0.200. The topological polar surface area (TPSA) is 0 Å². The van der Waals surface area contributed by atoms with Crippen LogP contribution in [0.5, 0.6) is 0 Å². The number of hydrogen-bond acceptors (Lipinski definition) is 0. The van der Waals surface area contributed by atoms with E-state index in [0.29, 0.717) is 0 Å². The van der Waals surface area contributed by atoms with Crippen molar-refractivity contribution in [2.75, 3.05) is 0 Å². The van der Waals surface area contributed by atoms with Crippen molar-refractivity contribution >= 4 is 23.2 Å². The average molecular weight is 231 g/mol. The van der Waals surface area contributed by atoms with E-state index in [0.717, 1.165) is 0 Å². The molecular formula is C5H5Cl2F5. The van der Waals surface area contributed by atoms with Crippen LogP contribution in [0.1, 0.15) is 12.8 Å². The highest BCUT2D eigenvalue weighted by atomic mass is 35.5. The summed E-state index contributed by atoms with van der Waals surface area (Å²) in [4.78, 5) is 0. The largest absolute Gasteiger partial charge is 0.436 e. The first-order valence-corrected chi connectivity index (χ1v) is 3.71. The second-order valence-electron chi connectivity index (χ2n) is 2.13. The van der Waals surface area contributed by atoms with E-state index in [9.17, 15) is 22.0 Å². The molecule has 0 bridgehead atoms. The van der Waals surface area contributed by atoms with Gasteiger partial charge in [0.05, 0.1) is 0 Å². The predicted octanol–water partition coefficient (Wildman–Crippen LogP) is 3.77. The van der Waals surface area contributed by atoms with Crippen LogP contribution in [-0.4, -0.2) is 16.9 Å². The molecule has 0 heterocycles. The number of alkyl halides is 7. The van der Waals surface area contributed by atoms with E-state index in [2.05, 4.69) is 23.2 Å². The van der Waals surface area contributed by atoms with Crippen LogP contribution in [0.4, 0.5) is 22.0 Å². The molecule has 2 atom stereocenters. The first kappa shape index (κ1) is 12.2. The Bertz CT molecular complexity index is 141. The van der Waals surface area contributed by atoms with Crippen molar-refractivity contribution in [1.82, 2.24) is 0 Å². The maximum atomic E-state index is 12.4. The van der Waals surface area contributed by atoms with Crippen molar-refractivity contribution in [2.45, 2.75) is 29.8 Å². The molecule has 0 aliphatic heterocycles. The van der Waals surface area contributed by atoms with E-state index in [4.69, 9.17) is 0 Å². The highest BCUT2D eigenvalue weighted by Gasteiger charge is 2.54. The zero-order valence-electron chi connectivity index (χ0n) is 5.64. The predicted molar refractivity (Wildman–Crippen MR) is 35.7 cm³/mol. The van der Waals surface area contributed by atoms with Crippen LogP contribution in [0, 0.1) is 0 Å². The first-order valence-electron chi connectivity index (χ1n) is 2.89. The molecule has 0 aromatic rings. The van der Waals surface area contributed by atoms with Gasteiger partial charge in [0.15, 0.2) is 5.63 Å². The summed E-state index contributed by atoms with van der Waals surface area (Å²) in [6.07, 6.45) is -7.16. The average Bonchev–Trinajstić information content (AvgIpc) is 1.81. The Morgan fingerprint density at radius 3 is 1.83 bits per heavy atom. The van der Waals surface area contributed by atoms with Gasteiger partial charge in [-0.2, -0.15) is 13.2 Å². The summed E-state index contributed by atoms with van der Waals surface area (Å²) in [7, 11) is 0. The fourth-order valence-corrected chi connectivity index (χ4v) is 0.650. The van der Waals surface area contributed by atoms with Crippen LogP contribution in [0.3, 0.4) is 0 Å². The van der Waals surface area contributed by atoms with Crippen molar-refractivity contribution in [3.63, 3.8) is 0 Å². The normalized spacial score (nSPS) is 20.2. The van der Waals surface area contributed by atoms with E-state index in [1.54, 1.807) is 0 Å². The molecule has 0 rings (SSSR count). The molecule has 0 saturated carbocycles. The summed E-state index contributed by atoms with van der Waals surface area (Å²) >= 11 is 9.11. The number of rotatable bonds is 3. The molecule has 0 radical (unpaired) electrons. The van der Waals surface area contributed by atoms with E-state index in [1.165, 1.54) is 0 Å². The third-order valence-corrected chi connectivity index (χ3v) is 1.71. The summed E-state index contributed by atoms with van der Waals surface area (Å²) in [5.74, 6) is 0. The monoisotopic (exact) mass is 230 g/mol. The highest BCUT2D eigenvalue weighted by Crippen LogP contribution is 2.41. The lowest BCUT2D eigenvalue weighted by Gasteiger charge is -2.20. The van der Waals surface area contributed by atoms with Crippen LogP contribution in [-0.2, 0) is 0 Å². The summed E-state index contributed by atoms with van der Waals surface area (Å²) in [5.41, 5.74) is -2.01. The smallest absolute Gasteiger partial charge is 0.230 e. The highest BCUT2D eigenvalue weighted by molar-refractivity contribution is 6.23. The third-order valence-electron chi connectivity index (χ3n) is 1.09. The van der Waals surface area contributed by atoms with Crippen molar-refractivity contribution in [3.8, 4) is 0 Å². The summed E-state index contributed by atoms with van der Waals surface area (Å²) in [6, 6.07) is 0. The molecule has 12 heavy (non-hydrogen) atoms. The van der Waals surface area contributed by atoms with Gasteiger partial charge in [0.1, 0.15) is 0 Å². The molecule has 7 heteroatoms. The van der Waals surface area contributed by atoms with E-state index in [1.807, 2.05) is 0 Å². The molecule has 0 aliphatic carbocycles. The third kappa shape index (κ3) is 3.76. The van der Waals surface area contributed by atoms with Crippen molar-refractivity contribution in [3.05, 3.63) is 0 Å². The van der Waals surface area contributed by atoms with Crippen LogP contribution >= 0.6 is 23.2 Å². The quantitative estimate of drug-likeness (QED) is 0.512. The standard InChI is InChI=1S/C5H5Cl2F5/c6-3(8)1-2-4(7,9)5(10,11)12/h3H,1-2H2. The first-order chi connectivity index (χ1) is 5.17. The molecule has 2 unspecified atom stereocenters. The molecule has 0 aliphatic rings. The maximum Gasteiger partial charge on any atom is 0.436 e. The van der Waals surface area contributed by atoms with Crippen LogP contribution in [0.15, 0.2) is 0 Å². The second kappa shape index (κ2) is 3.96. The van der Waals surface area contributed by atoms with E-state index in [-0.39, 0.29) is 0 Å². The zero-order chi connectivity index (χ0) is 9.99. The van der Waals surface area contributed by atoms with E-state index >= 15 is 0 Å². The van der Waals surface area contributed by atoms with Crippen molar-refractivity contribution < 1.29 is 22.0 Å². The van der Waals surface area contributed by atoms with Crippen LogP contribution < -0.4 is 0 Å². The minimum atomic E-state index is -5.19. The Labute approximate surface area is 75.6 Å². The van der Waals surface area contributed by atoms with Gasteiger partial charge in [-0.1, -0.05) is 23.2 Å².